The number of carbonyl (C=O) groups excluding carboxylic acids is 1. The Kier molecular flexibility index (Phi) is 3.96. The van der Waals surface area contributed by atoms with Crippen molar-refractivity contribution in [3.05, 3.63) is 28.8 Å². The molecule has 0 N–H and O–H groups in total. The van der Waals surface area contributed by atoms with E-state index >= 15 is 0 Å². The van der Waals surface area contributed by atoms with Crippen molar-refractivity contribution in [2.75, 3.05) is 18.0 Å². The lowest BCUT2D eigenvalue weighted by Gasteiger charge is -2.40. The van der Waals surface area contributed by atoms with Gasteiger partial charge >= 0.3 is 0 Å². The summed E-state index contributed by atoms with van der Waals surface area (Å²) in [6.45, 7) is 6.65. The summed E-state index contributed by atoms with van der Waals surface area (Å²) in [5.41, 5.74) is 2.18. The van der Waals surface area contributed by atoms with Crippen molar-refractivity contribution in [3.63, 3.8) is 0 Å². The van der Waals surface area contributed by atoms with E-state index in [1.54, 1.807) is 6.07 Å². The lowest BCUT2D eigenvalue weighted by Crippen LogP contribution is -2.38. The molecule has 0 saturated carbocycles. The molecule has 1 aromatic rings. The highest BCUT2D eigenvalue weighted by Gasteiger charge is 2.28. The number of hydrogen-bond donors (Lipinski definition) is 0. The number of halogens is 1. The summed E-state index contributed by atoms with van der Waals surface area (Å²) in [4.78, 5) is 13.4. The first-order valence-corrected chi connectivity index (χ1v) is 6.95. The van der Waals surface area contributed by atoms with Crippen LogP contribution in [-0.2, 0) is 0 Å². The molecule has 98 valence electrons. The summed E-state index contributed by atoms with van der Waals surface area (Å²) >= 11 is 5.92. The van der Waals surface area contributed by atoms with Crippen molar-refractivity contribution >= 4 is 23.6 Å². The lowest BCUT2D eigenvalue weighted by molar-refractivity contribution is 0.112. The second kappa shape index (κ2) is 5.31. The summed E-state index contributed by atoms with van der Waals surface area (Å²) in [5.74, 6) is 0. The zero-order valence-corrected chi connectivity index (χ0v) is 11.8. The van der Waals surface area contributed by atoms with Gasteiger partial charge in [-0.15, -0.1) is 0 Å². The van der Waals surface area contributed by atoms with Gasteiger partial charge in [-0.05, 0) is 36.5 Å². The van der Waals surface area contributed by atoms with Gasteiger partial charge in [0.2, 0.25) is 0 Å². The van der Waals surface area contributed by atoms with Crippen LogP contribution in [0.15, 0.2) is 18.2 Å². The molecule has 2 nitrogen and oxygen atoms in total. The van der Waals surface area contributed by atoms with Gasteiger partial charge in [-0.25, -0.2) is 0 Å². The zero-order chi connectivity index (χ0) is 13.2. The van der Waals surface area contributed by atoms with Gasteiger partial charge in [-0.3, -0.25) is 4.79 Å². The number of benzene rings is 1. The van der Waals surface area contributed by atoms with E-state index in [9.17, 15) is 4.79 Å². The molecular weight excluding hydrogens is 246 g/mol. The van der Waals surface area contributed by atoms with Crippen LogP contribution in [0, 0.1) is 5.41 Å². The molecule has 1 fully saturated rings. The van der Waals surface area contributed by atoms with Gasteiger partial charge in [-0.2, -0.15) is 0 Å². The van der Waals surface area contributed by atoms with Crippen LogP contribution in [0.3, 0.4) is 0 Å². The summed E-state index contributed by atoms with van der Waals surface area (Å²) in [7, 11) is 0. The van der Waals surface area contributed by atoms with E-state index in [0.29, 0.717) is 16.0 Å². The summed E-state index contributed by atoms with van der Waals surface area (Å²) in [6, 6.07) is 5.57. The molecule has 1 aliphatic rings. The Morgan fingerprint density at radius 1 is 1.39 bits per heavy atom. The second-order valence-corrected chi connectivity index (χ2v) is 5.91. The van der Waals surface area contributed by atoms with E-state index in [1.807, 2.05) is 12.1 Å². The Morgan fingerprint density at radius 3 is 2.61 bits per heavy atom. The average molecular weight is 266 g/mol. The third-order valence-corrected chi connectivity index (χ3v) is 4.52. The van der Waals surface area contributed by atoms with Crippen molar-refractivity contribution < 1.29 is 4.79 Å². The first-order valence-electron chi connectivity index (χ1n) is 6.58. The van der Waals surface area contributed by atoms with E-state index < -0.39 is 0 Å². The highest BCUT2D eigenvalue weighted by Crippen LogP contribution is 2.36. The molecule has 0 atom stereocenters. The standard InChI is InChI=1S/C15H20ClNO/c1-3-15(2)6-8-17(9-7-15)14-5-4-13(16)10-12(14)11-18/h4-5,10-11H,3,6-9H2,1-2H3. The third kappa shape index (κ3) is 2.69. The Balaban J connectivity index is 2.17. The monoisotopic (exact) mass is 265 g/mol. The van der Waals surface area contributed by atoms with Crippen LogP contribution < -0.4 is 4.90 Å². The molecule has 0 bridgehead atoms. The molecule has 0 amide bonds. The fourth-order valence-corrected chi connectivity index (χ4v) is 2.73. The number of hydrogen-bond acceptors (Lipinski definition) is 2. The summed E-state index contributed by atoms with van der Waals surface area (Å²) in [6.07, 6.45) is 4.49. The quantitative estimate of drug-likeness (QED) is 0.765. The van der Waals surface area contributed by atoms with Crippen LogP contribution >= 0.6 is 11.6 Å². The topological polar surface area (TPSA) is 20.3 Å². The lowest BCUT2D eigenvalue weighted by atomic mass is 9.78. The Hall–Kier alpha value is -1.02. The van der Waals surface area contributed by atoms with Gasteiger partial charge in [0.15, 0.2) is 6.29 Å². The molecule has 3 heteroatoms. The normalized spacial score (nSPS) is 18.7. The predicted molar refractivity (Wildman–Crippen MR) is 76.7 cm³/mol. The van der Waals surface area contributed by atoms with Gasteiger partial charge < -0.3 is 4.90 Å². The van der Waals surface area contributed by atoms with Crippen LogP contribution in [0.1, 0.15) is 43.5 Å². The van der Waals surface area contributed by atoms with Crippen molar-refractivity contribution in [3.8, 4) is 0 Å². The van der Waals surface area contributed by atoms with Crippen molar-refractivity contribution in [1.82, 2.24) is 0 Å². The molecule has 1 heterocycles. The zero-order valence-electron chi connectivity index (χ0n) is 11.1. The number of nitrogens with zero attached hydrogens (tertiary/aromatic N) is 1. The van der Waals surface area contributed by atoms with Crippen LogP contribution in [0.2, 0.25) is 5.02 Å². The third-order valence-electron chi connectivity index (χ3n) is 4.28. The molecule has 1 aliphatic heterocycles. The first-order chi connectivity index (χ1) is 8.58. The minimum atomic E-state index is 0.463. The van der Waals surface area contributed by atoms with E-state index in [0.717, 1.165) is 25.1 Å². The molecule has 1 saturated heterocycles. The Bertz CT molecular complexity index is 436. The maximum atomic E-state index is 11.1. The van der Waals surface area contributed by atoms with Crippen LogP contribution in [-0.4, -0.2) is 19.4 Å². The maximum Gasteiger partial charge on any atom is 0.152 e. The van der Waals surface area contributed by atoms with Crippen molar-refractivity contribution in [2.24, 2.45) is 5.41 Å². The Morgan fingerprint density at radius 2 is 2.06 bits per heavy atom. The summed E-state index contributed by atoms with van der Waals surface area (Å²) < 4.78 is 0. The molecule has 0 aliphatic carbocycles. The van der Waals surface area contributed by atoms with E-state index in [4.69, 9.17) is 11.6 Å². The molecular formula is C15H20ClNO. The smallest absolute Gasteiger partial charge is 0.152 e. The molecule has 0 spiro atoms. The van der Waals surface area contributed by atoms with E-state index in [2.05, 4.69) is 18.7 Å². The second-order valence-electron chi connectivity index (χ2n) is 5.47. The van der Waals surface area contributed by atoms with Gasteiger partial charge in [0, 0.05) is 29.4 Å². The van der Waals surface area contributed by atoms with Gasteiger partial charge in [-0.1, -0.05) is 31.9 Å². The number of aldehydes is 1. The largest absolute Gasteiger partial charge is 0.371 e. The molecule has 0 unspecified atom stereocenters. The Labute approximate surface area is 114 Å². The van der Waals surface area contributed by atoms with Gasteiger partial charge in [0.25, 0.3) is 0 Å². The summed E-state index contributed by atoms with van der Waals surface area (Å²) in [5, 5.41) is 0.622. The molecule has 2 rings (SSSR count). The predicted octanol–water partition coefficient (Wildman–Crippen LogP) is 4.17. The fraction of sp³-hybridized carbons (Fsp3) is 0.533. The molecule has 18 heavy (non-hydrogen) atoms. The minimum absolute atomic E-state index is 0.463. The minimum Gasteiger partial charge on any atom is -0.371 e. The van der Waals surface area contributed by atoms with E-state index in [1.165, 1.54) is 19.3 Å². The number of carbonyl (C=O) groups is 1. The maximum absolute atomic E-state index is 11.1. The first kappa shape index (κ1) is 13.4. The van der Waals surface area contributed by atoms with Crippen molar-refractivity contribution in [1.29, 1.82) is 0 Å². The number of piperidine rings is 1. The highest BCUT2D eigenvalue weighted by atomic mass is 35.5. The van der Waals surface area contributed by atoms with Crippen molar-refractivity contribution in [2.45, 2.75) is 33.1 Å². The molecule has 0 aromatic heterocycles. The van der Waals surface area contributed by atoms with Crippen LogP contribution in [0.5, 0.6) is 0 Å². The van der Waals surface area contributed by atoms with E-state index in [-0.39, 0.29) is 0 Å². The SMILES string of the molecule is CCC1(C)CCN(c2ccc(Cl)cc2C=O)CC1. The van der Waals surface area contributed by atoms with Crippen LogP contribution in [0.4, 0.5) is 5.69 Å². The average Bonchev–Trinajstić information content (AvgIpc) is 2.40. The molecule has 1 aromatic carbocycles. The highest BCUT2D eigenvalue weighted by molar-refractivity contribution is 6.31. The number of anilines is 1. The molecule has 0 radical (unpaired) electrons. The number of rotatable bonds is 3. The van der Waals surface area contributed by atoms with Crippen LogP contribution in [0.25, 0.3) is 0 Å². The van der Waals surface area contributed by atoms with Gasteiger partial charge in [0.05, 0.1) is 0 Å². The fourth-order valence-electron chi connectivity index (χ4n) is 2.55. The van der Waals surface area contributed by atoms with Gasteiger partial charge in [0.1, 0.15) is 0 Å².